The van der Waals surface area contributed by atoms with Crippen molar-refractivity contribution in [1.82, 2.24) is 0 Å². The van der Waals surface area contributed by atoms with Crippen molar-refractivity contribution in [3.63, 3.8) is 0 Å². The van der Waals surface area contributed by atoms with Crippen LogP contribution in [0.3, 0.4) is 0 Å². The quantitative estimate of drug-likeness (QED) is 0.937. The molecular weight excluding hydrogens is 280 g/mol. The summed E-state index contributed by atoms with van der Waals surface area (Å²) in [6.45, 7) is 0. The van der Waals surface area contributed by atoms with Gasteiger partial charge in [-0.25, -0.2) is 0 Å². The molecule has 0 radical (unpaired) electrons. The molecule has 1 atom stereocenters. The summed E-state index contributed by atoms with van der Waals surface area (Å²) < 4.78 is 0.943. The molecule has 0 aliphatic heterocycles. The third kappa shape index (κ3) is 2.74. The molecule has 0 aliphatic carbocycles. The molecule has 86 valence electrons. The maximum Gasteiger partial charge on any atom is 0.315 e. The van der Waals surface area contributed by atoms with Crippen LogP contribution in [0.15, 0.2) is 59.1 Å². The summed E-state index contributed by atoms with van der Waals surface area (Å²) in [5.41, 5.74) is 1.58. The van der Waals surface area contributed by atoms with Gasteiger partial charge in [0.15, 0.2) is 0 Å². The van der Waals surface area contributed by atoms with Gasteiger partial charge >= 0.3 is 5.97 Å². The average molecular weight is 291 g/mol. The predicted octanol–water partition coefficient (Wildman–Crippen LogP) is 3.67. The Morgan fingerprint density at radius 1 is 0.941 bits per heavy atom. The summed E-state index contributed by atoms with van der Waals surface area (Å²) in [6.07, 6.45) is 0. The Balaban J connectivity index is 2.43. The number of halogens is 1. The van der Waals surface area contributed by atoms with Gasteiger partial charge in [0.1, 0.15) is 5.92 Å². The third-order valence-corrected chi connectivity index (χ3v) is 3.11. The van der Waals surface area contributed by atoms with Crippen LogP contribution in [0.25, 0.3) is 0 Å². The molecule has 0 amide bonds. The first-order valence-corrected chi connectivity index (χ1v) is 6.01. The van der Waals surface area contributed by atoms with Gasteiger partial charge in [0, 0.05) is 4.47 Å². The van der Waals surface area contributed by atoms with E-state index in [0.29, 0.717) is 0 Å². The minimum Gasteiger partial charge on any atom is -0.481 e. The maximum absolute atomic E-state index is 11.4. The summed E-state index contributed by atoms with van der Waals surface area (Å²) in [4.78, 5) is 11.4. The maximum atomic E-state index is 11.4. The largest absolute Gasteiger partial charge is 0.481 e. The second kappa shape index (κ2) is 5.15. The average Bonchev–Trinajstić information content (AvgIpc) is 2.33. The number of carbonyl (C=O) groups is 1. The molecule has 0 heterocycles. The smallest absolute Gasteiger partial charge is 0.315 e. The molecule has 0 aromatic heterocycles. The second-order valence-electron chi connectivity index (χ2n) is 3.73. The molecule has 1 unspecified atom stereocenters. The lowest BCUT2D eigenvalue weighted by Gasteiger charge is -2.13. The van der Waals surface area contributed by atoms with Crippen molar-refractivity contribution in [2.24, 2.45) is 0 Å². The topological polar surface area (TPSA) is 37.3 Å². The molecule has 0 aliphatic rings. The molecular formula is C14H11BrO2. The molecule has 1 N–H and O–H groups in total. The van der Waals surface area contributed by atoms with Gasteiger partial charge in [0.2, 0.25) is 0 Å². The van der Waals surface area contributed by atoms with E-state index in [1.165, 1.54) is 0 Å². The van der Waals surface area contributed by atoms with Crippen molar-refractivity contribution < 1.29 is 9.90 Å². The standard InChI is InChI=1S/C14H11BrO2/c15-12-8-6-11(7-9-12)13(14(16)17)10-4-2-1-3-5-10/h1-9,13H,(H,16,17). The zero-order valence-electron chi connectivity index (χ0n) is 9.01. The number of benzene rings is 2. The number of carboxylic acid groups (broad SMARTS) is 1. The number of hydrogen-bond donors (Lipinski definition) is 1. The van der Waals surface area contributed by atoms with E-state index in [1.54, 1.807) is 0 Å². The van der Waals surface area contributed by atoms with E-state index in [1.807, 2.05) is 54.6 Å². The summed E-state index contributed by atoms with van der Waals surface area (Å²) in [6, 6.07) is 16.6. The molecule has 0 saturated carbocycles. The van der Waals surface area contributed by atoms with Crippen LogP contribution in [0.4, 0.5) is 0 Å². The normalized spacial score (nSPS) is 12.1. The Bertz CT molecular complexity index is 506. The van der Waals surface area contributed by atoms with Crippen molar-refractivity contribution in [3.05, 3.63) is 70.2 Å². The highest BCUT2D eigenvalue weighted by atomic mass is 79.9. The zero-order valence-corrected chi connectivity index (χ0v) is 10.6. The van der Waals surface area contributed by atoms with Crippen molar-refractivity contribution in [3.8, 4) is 0 Å². The highest BCUT2D eigenvalue weighted by Gasteiger charge is 2.21. The zero-order chi connectivity index (χ0) is 12.3. The van der Waals surface area contributed by atoms with E-state index < -0.39 is 11.9 Å². The summed E-state index contributed by atoms with van der Waals surface area (Å²) in [5.74, 6) is -1.44. The first-order chi connectivity index (χ1) is 8.18. The van der Waals surface area contributed by atoms with E-state index >= 15 is 0 Å². The number of carboxylic acids is 1. The fourth-order valence-corrected chi connectivity index (χ4v) is 2.04. The molecule has 2 aromatic carbocycles. The number of aliphatic carboxylic acids is 1. The second-order valence-corrected chi connectivity index (χ2v) is 4.65. The van der Waals surface area contributed by atoms with Crippen LogP contribution in [0.1, 0.15) is 17.0 Å². The van der Waals surface area contributed by atoms with Gasteiger partial charge < -0.3 is 5.11 Å². The molecule has 0 saturated heterocycles. The Hall–Kier alpha value is -1.61. The molecule has 2 nitrogen and oxygen atoms in total. The lowest BCUT2D eigenvalue weighted by atomic mass is 9.92. The van der Waals surface area contributed by atoms with Crippen LogP contribution < -0.4 is 0 Å². The lowest BCUT2D eigenvalue weighted by molar-refractivity contribution is -0.137. The van der Waals surface area contributed by atoms with Gasteiger partial charge in [-0.15, -0.1) is 0 Å². The van der Waals surface area contributed by atoms with Crippen LogP contribution in [0, 0.1) is 0 Å². The van der Waals surface area contributed by atoms with Crippen molar-refractivity contribution in [2.75, 3.05) is 0 Å². The van der Waals surface area contributed by atoms with Gasteiger partial charge in [-0.2, -0.15) is 0 Å². The first kappa shape index (κ1) is 11.9. The molecule has 2 rings (SSSR count). The van der Waals surface area contributed by atoms with E-state index in [2.05, 4.69) is 15.9 Å². The Morgan fingerprint density at radius 3 is 2.00 bits per heavy atom. The highest BCUT2D eigenvalue weighted by molar-refractivity contribution is 9.10. The number of rotatable bonds is 3. The summed E-state index contributed by atoms with van der Waals surface area (Å²) in [5, 5.41) is 9.34. The first-order valence-electron chi connectivity index (χ1n) is 5.21. The van der Waals surface area contributed by atoms with Gasteiger partial charge in [-0.05, 0) is 23.3 Å². The molecule has 0 bridgehead atoms. The molecule has 0 spiro atoms. The van der Waals surface area contributed by atoms with Crippen LogP contribution in [0.2, 0.25) is 0 Å². The van der Waals surface area contributed by atoms with E-state index in [-0.39, 0.29) is 0 Å². The van der Waals surface area contributed by atoms with Crippen LogP contribution in [0.5, 0.6) is 0 Å². The fraction of sp³-hybridized carbons (Fsp3) is 0.0714. The molecule has 3 heteroatoms. The van der Waals surface area contributed by atoms with Gasteiger partial charge in [-0.3, -0.25) is 4.79 Å². The monoisotopic (exact) mass is 290 g/mol. The third-order valence-electron chi connectivity index (χ3n) is 2.58. The van der Waals surface area contributed by atoms with Gasteiger partial charge in [0.25, 0.3) is 0 Å². The van der Waals surface area contributed by atoms with E-state index in [4.69, 9.17) is 0 Å². The van der Waals surface area contributed by atoms with Crippen LogP contribution in [-0.2, 0) is 4.79 Å². The highest BCUT2D eigenvalue weighted by Crippen LogP contribution is 2.26. The van der Waals surface area contributed by atoms with Crippen molar-refractivity contribution in [1.29, 1.82) is 0 Å². The SMILES string of the molecule is O=C(O)C(c1ccccc1)c1ccc(Br)cc1. The van der Waals surface area contributed by atoms with Crippen LogP contribution >= 0.6 is 15.9 Å². The molecule has 17 heavy (non-hydrogen) atoms. The Labute approximate surface area is 108 Å². The van der Waals surface area contributed by atoms with Crippen molar-refractivity contribution >= 4 is 21.9 Å². The van der Waals surface area contributed by atoms with E-state index in [0.717, 1.165) is 15.6 Å². The molecule has 0 fully saturated rings. The van der Waals surface area contributed by atoms with E-state index in [9.17, 15) is 9.90 Å². The summed E-state index contributed by atoms with van der Waals surface area (Å²) in [7, 11) is 0. The van der Waals surface area contributed by atoms with Gasteiger partial charge in [-0.1, -0.05) is 58.4 Å². The minimum atomic E-state index is -0.835. The number of hydrogen-bond acceptors (Lipinski definition) is 1. The summed E-state index contributed by atoms with van der Waals surface area (Å²) >= 11 is 3.34. The lowest BCUT2D eigenvalue weighted by Crippen LogP contribution is -2.12. The fourth-order valence-electron chi connectivity index (χ4n) is 1.78. The predicted molar refractivity (Wildman–Crippen MR) is 70.1 cm³/mol. The molecule has 2 aromatic rings. The minimum absolute atomic E-state index is 0.607. The Morgan fingerprint density at radius 2 is 1.47 bits per heavy atom. The van der Waals surface area contributed by atoms with Crippen LogP contribution in [-0.4, -0.2) is 11.1 Å². The van der Waals surface area contributed by atoms with Crippen molar-refractivity contribution in [2.45, 2.75) is 5.92 Å². The Kier molecular flexibility index (Phi) is 3.59. The van der Waals surface area contributed by atoms with Gasteiger partial charge in [0.05, 0.1) is 0 Å².